The van der Waals surface area contributed by atoms with Crippen LogP contribution < -0.4 is 5.32 Å². The summed E-state index contributed by atoms with van der Waals surface area (Å²) in [5.74, 6) is 0.366. The smallest absolute Gasteiger partial charge is 0.223 e. The summed E-state index contributed by atoms with van der Waals surface area (Å²) in [4.78, 5) is 16.3. The van der Waals surface area contributed by atoms with Crippen LogP contribution in [0.4, 0.5) is 0 Å². The number of hydrogen-bond acceptors (Lipinski definition) is 2. The lowest BCUT2D eigenvalue weighted by Crippen LogP contribution is -2.37. The third-order valence-corrected chi connectivity index (χ3v) is 3.93. The Kier molecular flexibility index (Phi) is 3.77. The van der Waals surface area contributed by atoms with E-state index in [1.165, 1.54) is 6.42 Å². The van der Waals surface area contributed by atoms with Crippen LogP contribution in [0.25, 0.3) is 0 Å². The van der Waals surface area contributed by atoms with E-state index in [0.717, 1.165) is 24.0 Å². The summed E-state index contributed by atoms with van der Waals surface area (Å²) in [5, 5.41) is 3.18. The molecule has 0 bridgehead atoms. The molecule has 20 heavy (non-hydrogen) atoms. The number of amides is 1. The zero-order valence-corrected chi connectivity index (χ0v) is 11.3. The van der Waals surface area contributed by atoms with Crippen molar-refractivity contribution in [2.75, 3.05) is 0 Å². The van der Waals surface area contributed by atoms with Crippen LogP contribution >= 0.6 is 0 Å². The van der Waals surface area contributed by atoms with Crippen LogP contribution in [-0.4, -0.2) is 10.9 Å². The lowest BCUT2D eigenvalue weighted by molar-refractivity contribution is -0.127. The Morgan fingerprint density at radius 1 is 1.05 bits per heavy atom. The number of aromatic nitrogens is 1. The molecular formula is C17H18N2O. The van der Waals surface area contributed by atoms with Gasteiger partial charge < -0.3 is 5.32 Å². The van der Waals surface area contributed by atoms with E-state index in [1.807, 2.05) is 42.5 Å². The second kappa shape index (κ2) is 5.87. The molecule has 1 unspecified atom stereocenters. The van der Waals surface area contributed by atoms with Crippen molar-refractivity contribution in [2.24, 2.45) is 5.92 Å². The highest BCUT2D eigenvalue weighted by Crippen LogP contribution is 2.28. The first-order valence-corrected chi connectivity index (χ1v) is 7.10. The number of nitrogens with zero attached hydrogens (tertiary/aromatic N) is 1. The van der Waals surface area contributed by atoms with Gasteiger partial charge in [0.15, 0.2) is 0 Å². The van der Waals surface area contributed by atoms with E-state index in [4.69, 9.17) is 0 Å². The first-order chi connectivity index (χ1) is 9.84. The average molecular weight is 266 g/mol. The molecule has 0 aliphatic heterocycles. The van der Waals surface area contributed by atoms with Crippen molar-refractivity contribution < 1.29 is 4.79 Å². The van der Waals surface area contributed by atoms with E-state index < -0.39 is 0 Å². The molecule has 102 valence electrons. The van der Waals surface area contributed by atoms with Crippen molar-refractivity contribution in [3.63, 3.8) is 0 Å². The minimum Gasteiger partial charge on any atom is -0.345 e. The van der Waals surface area contributed by atoms with Crippen molar-refractivity contribution in [3.8, 4) is 0 Å². The van der Waals surface area contributed by atoms with Gasteiger partial charge in [-0.3, -0.25) is 9.78 Å². The Labute approximate surface area is 119 Å². The Hall–Kier alpha value is -2.16. The third kappa shape index (κ3) is 2.72. The maximum Gasteiger partial charge on any atom is 0.223 e. The van der Waals surface area contributed by atoms with Gasteiger partial charge in [-0.1, -0.05) is 36.8 Å². The highest BCUT2D eigenvalue weighted by molar-refractivity contribution is 5.80. The van der Waals surface area contributed by atoms with Crippen molar-refractivity contribution >= 4 is 5.91 Å². The highest BCUT2D eigenvalue weighted by Gasteiger charge is 2.27. The van der Waals surface area contributed by atoms with Crippen LogP contribution in [0.3, 0.4) is 0 Å². The topological polar surface area (TPSA) is 42.0 Å². The molecule has 1 saturated carbocycles. The first kappa shape index (κ1) is 12.9. The first-order valence-electron chi connectivity index (χ1n) is 7.10. The quantitative estimate of drug-likeness (QED) is 0.924. The zero-order valence-electron chi connectivity index (χ0n) is 11.3. The van der Waals surface area contributed by atoms with E-state index in [1.54, 1.807) is 12.4 Å². The van der Waals surface area contributed by atoms with Gasteiger partial charge >= 0.3 is 0 Å². The van der Waals surface area contributed by atoms with Gasteiger partial charge in [0.2, 0.25) is 5.91 Å². The molecular weight excluding hydrogens is 248 g/mol. The monoisotopic (exact) mass is 266 g/mol. The SMILES string of the molecule is O=C(NC(c1ccccc1)c1ccncc1)C1CCC1. The minimum atomic E-state index is -0.0905. The van der Waals surface area contributed by atoms with Crippen LogP contribution in [0.15, 0.2) is 54.9 Å². The zero-order chi connectivity index (χ0) is 13.8. The van der Waals surface area contributed by atoms with Crippen LogP contribution in [0, 0.1) is 5.92 Å². The van der Waals surface area contributed by atoms with Gasteiger partial charge in [-0.05, 0) is 36.1 Å². The maximum atomic E-state index is 12.3. The van der Waals surface area contributed by atoms with Crippen LogP contribution in [0.1, 0.15) is 36.4 Å². The van der Waals surface area contributed by atoms with E-state index in [9.17, 15) is 4.79 Å². The molecule has 1 aromatic carbocycles. The van der Waals surface area contributed by atoms with Gasteiger partial charge in [0, 0.05) is 18.3 Å². The highest BCUT2D eigenvalue weighted by atomic mass is 16.2. The molecule has 1 aromatic heterocycles. The third-order valence-electron chi connectivity index (χ3n) is 3.93. The van der Waals surface area contributed by atoms with Gasteiger partial charge in [0.25, 0.3) is 0 Å². The average Bonchev–Trinajstić information content (AvgIpc) is 2.45. The standard InChI is InChI=1S/C17H18N2O/c20-17(15-7-4-8-15)19-16(13-5-2-1-3-6-13)14-9-11-18-12-10-14/h1-3,5-6,9-12,15-16H,4,7-8H2,(H,19,20). The van der Waals surface area contributed by atoms with Crippen molar-refractivity contribution in [1.29, 1.82) is 0 Å². The molecule has 0 radical (unpaired) electrons. The molecule has 3 nitrogen and oxygen atoms in total. The fraction of sp³-hybridized carbons (Fsp3) is 0.294. The van der Waals surface area contributed by atoms with Crippen molar-refractivity contribution in [3.05, 3.63) is 66.0 Å². The largest absolute Gasteiger partial charge is 0.345 e. The molecule has 1 N–H and O–H groups in total. The Morgan fingerprint density at radius 2 is 1.70 bits per heavy atom. The molecule has 3 heteroatoms. The molecule has 1 amide bonds. The number of pyridine rings is 1. The van der Waals surface area contributed by atoms with E-state index in [-0.39, 0.29) is 17.9 Å². The van der Waals surface area contributed by atoms with Gasteiger partial charge in [0.05, 0.1) is 6.04 Å². The number of nitrogens with one attached hydrogen (secondary N) is 1. The summed E-state index contributed by atoms with van der Waals surface area (Å²) < 4.78 is 0. The molecule has 0 spiro atoms. The van der Waals surface area contributed by atoms with Gasteiger partial charge in [-0.15, -0.1) is 0 Å². The fourth-order valence-electron chi connectivity index (χ4n) is 2.49. The van der Waals surface area contributed by atoms with Crippen molar-refractivity contribution in [1.82, 2.24) is 10.3 Å². The van der Waals surface area contributed by atoms with E-state index in [2.05, 4.69) is 10.3 Å². The van der Waals surface area contributed by atoms with Gasteiger partial charge in [-0.2, -0.15) is 0 Å². The molecule has 3 rings (SSSR count). The summed E-state index contributed by atoms with van der Waals surface area (Å²) in [5.41, 5.74) is 2.17. The van der Waals surface area contributed by atoms with E-state index >= 15 is 0 Å². The lowest BCUT2D eigenvalue weighted by Gasteiger charge is -2.28. The predicted octanol–water partition coefficient (Wildman–Crippen LogP) is 3.09. The summed E-state index contributed by atoms with van der Waals surface area (Å²) in [6.07, 6.45) is 6.73. The number of hydrogen-bond donors (Lipinski definition) is 1. The van der Waals surface area contributed by atoms with Gasteiger partial charge in [0.1, 0.15) is 0 Å². The van der Waals surface area contributed by atoms with Gasteiger partial charge in [-0.25, -0.2) is 0 Å². The van der Waals surface area contributed by atoms with E-state index in [0.29, 0.717) is 0 Å². The Morgan fingerprint density at radius 3 is 2.30 bits per heavy atom. The molecule has 1 aliphatic carbocycles. The Bertz CT molecular complexity index is 525. The maximum absolute atomic E-state index is 12.3. The molecule has 2 aromatic rings. The molecule has 1 heterocycles. The molecule has 1 aliphatic rings. The molecule has 1 atom stereocenters. The van der Waals surface area contributed by atoms with Crippen LogP contribution in [-0.2, 0) is 4.79 Å². The predicted molar refractivity (Wildman–Crippen MR) is 78.0 cm³/mol. The normalized spacial score (nSPS) is 16.2. The van der Waals surface area contributed by atoms with Crippen LogP contribution in [0.2, 0.25) is 0 Å². The molecule has 0 saturated heterocycles. The minimum absolute atomic E-state index is 0.0905. The Balaban J connectivity index is 1.85. The molecule has 1 fully saturated rings. The number of carbonyl (C=O) groups is 1. The summed E-state index contributed by atoms with van der Waals surface area (Å²) in [7, 11) is 0. The second-order valence-electron chi connectivity index (χ2n) is 5.26. The summed E-state index contributed by atoms with van der Waals surface area (Å²) in [6.45, 7) is 0. The van der Waals surface area contributed by atoms with Crippen molar-refractivity contribution in [2.45, 2.75) is 25.3 Å². The summed E-state index contributed by atoms with van der Waals surface area (Å²) >= 11 is 0. The number of benzene rings is 1. The summed E-state index contributed by atoms with van der Waals surface area (Å²) in [6, 6.07) is 13.9. The number of rotatable bonds is 4. The number of carbonyl (C=O) groups excluding carboxylic acids is 1. The lowest BCUT2D eigenvalue weighted by atomic mass is 9.84. The van der Waals surface area contributed by atoms with Crippen LogP contribution in [0.5, 0.6) is 0 Å². The fourth-order valence-corrected chi connectivity index (χ4v) is 2.49. The second-order valence-corrected chi connectivity index (χ2v) is 5.26.